The van der Waals surface area contributed by atoms with E-state index in [0.29, 0.717) is 11.9 Å². The number of hydrogen-bond acceptors (Lipinski definition) is 5. The van der Waals surface area contributed by atoms with Crippen LogP contribution in [0, 0.1) is 0 Å². The van der Waals surface area contributed by atoms with Crippen LogP contribution in [0.2, 0.25) is 0 Å². The minimum Gasteiger partial charge on any atom is -0.400 e. The Bertz CT molecular complexity index is 474. The van der Waals surface area contributed by atoms with E-state index in [-0.39, 0.29) is 13.1 Å². The summed E-state index contributed by atoms with van der Waals surface area (Å²) in [5.74, 6) is -2.22. The van der Waals surface area contributed by atoms with Crippen molar-refractivity contribution in [1.82, 2.24) is 5.06 Å². The van der Waals surface area contributed by atoms with Crippen molar-refractivity contribution < 1.29 is 32.1 Å². The number of halogens is 3. The van der Waals surface area contributed by atoms with Crippen molar-refractivity contribution in [2.75, 3.05) is 13.1 Å². The largest absolute Gasteiger partial charge is 0.492 e. The maximum atomic E-state index is 12.2. The predicted octanol–water partition coefficient (Wildman–Crippen LogP) is 2.27. The normalized spacial score (nSPS) is 25.0. The van der Waals surface area contributed by atoms with Crippen LogP contribution in [-0.2, 0) is 18.9 Å². The van der Waals surface area contributed by atoms with Crippen LogP contribution in [0.25, 0.3) is 0 Å². The summed E-state index contributed by atoms with van der Waals surface area (Å²) in [5, 5.41) is 0.982. The number of carbonyl (C=O) groups excluding carboxylic acids is 1. The van der Waals surface area contributed by atoms with Gasteiger partial charge in [0.1, 0.15) is 0 Å². The molecule has 0 aromatic carbocycles. The Balaban J connectivity index is 2.00. The van der Waals surface area contributed by atoms with Crippen molar-refractivity contribution in [3.63, 3.8) is 0 Å². The quantitative estimate of drug-likeness (QED) is 0.730. The third-order valence-electron chi connectivity index (χ3n) is 4.14. The fourth-order valence-electron chi connectivity index (χ4n) is 2.15. The van der Waals surface area contributed by atoms with Crippen LogP contribution >= 0.6 is 0 Å². The third-order valence-corrected chi connectivity index (χ3v) is 4.14. The lowest BCUT2D eigenvalue weighted by Crippen LogP contribution is -2.41. The van der Waals surface area contributed by atoms with Gasteiger partial charge in [-0.2, -0.15) is 13.2 Å². The van der Waals surface area contributed by atoms with E-state index >= 15 is 0 Å². The van der Waals surface area contributed by atoms with Crippen LogP contribution in [0.15, 0.2) is 11.5 Å². The van der Waals surface area contributed by atoms with Gasteiger partial charge in [-0.3, -0.25) is 0 Å². The molecule has 9 heteroatoms. The lowest BCUT2D eigenvalue weighted by Gasteiger charge is -2.32. The van der Waals surface area contributed by atoms with Gasteiger partial charge in [0.15, 0.2) is 0 Å². The first-order valence-electron chi connectivity index (χ1n) is 7.01. The van der Waals surface area contributed by atoms with Gasteiger partial charge in [-0.15, -0.1) is 5.06 Å². The molecule has 2 heterocycles. The van der Waals surface area contributed by atoms with Gasteiger partial charge in [0.05, 0.1) is 17.7 Å². The van der Waals surface area contributed by atoms with Crippen LogP contribution in [0.4, 0.5) is 13.2 Å². The number of rotatable bonds is 2. The molecule has 0 bridgehead atoms. The second-order valence-corrected chi connectivity index (χ2v) is 6.40. The number of carbonyl (C=O) groups is 1. The summed E-state index contributed by atoms with van der Waals surface area (Å²) in [6.45, 7) is 7.77. The third kappa shape index (κ3) is 3.47. The van der Waals surface area contributed by atoms with Gasteiger partial charge >= 0.3 is 19.3 Å². The number of hydrogen-bond donors (Lipinski definition) is 0. The molecule has 2 aliphatic rings. The molecular weight excluding hydrogens is 302 g/mol. The molecule has 5 nitrogen and oxygen atoms in total. The van der Waals surface area contributed by atoms with E-state index in [1.54, 1.807) is 0 Å². The molecule has 2 aliphatic heterocycles. The van der Waals surface area contributed by atoms with E-state index in [0.717, 1.165) is 5.06 Å². The van der Waals surface area contributed by atoms with Crippen molar-refractivity contribution >= 4 is 13.1 Å². The first kappa shape index (κ1) is 17.3. The highest BCUT2D eigenvalue weighted by Gasteiger charge is 2.53. The molecule has 0 spiro atoms. The summed E-state index contributed by atoms with van der Waals surface area (Å²) < 4.78 is 48.4. The SMILES string of the molecule is CC1(C)OB(C2=CCCN(OC(=O)C(F)(F)F)C2)OC1(C)C. The average Bonchev–Trinajstić information content (AvgIpc) is 2.57. The summed E-state index contributed by atoms with van der Waals surface area (Å²) in [4.78, 5) is 15.3. The molecule has 0 amide bonds. The Morgan fingerprint density at radius 3 is 2.32 bits per heavy atom. The lowest BCUT2D eigenvalue weighted by molar-refractivity contribution is -0.237. The first-order chi connectivity index (χ1) is 9.92. The van der Waals surface area contributed by atoms with Gasteiger partial charge in [0.25, 0.3) is 0 Å². The molecule has 2 rings (SSSR count). The first-order valence-corrected chi connectivity index (χ1v) is 7.01. The molecule has 0 N–H and O–H groups in total. The van der Waals surface area contributed by atoms with E-state index in [1.807, 2.05) is 33.8 Å². The smallest absolute Gasteiger partial charge is 0.400 e. The van der Waals surface area contributed by atoms with Crippen LogP contribution < -0.4 is 0 Å². The minimum atomic E-state index is -5.01. The second-order valence-electron chi connectivity index (χ2n) is 6.40. The average molecular weight is 321 g/mol. The van der Waals surface area contributed by atoms with Gasteiger partial charge < -0.3 is 14.1 Å². The van der Waals surface area contributed by atoms with Crippen molar-refractivity contribution in [3.8, 4) is 0 Å². The summed E-state index contributed by atoms with van der Waals surface area (Å²) in [6, 6.07) is 0. The van der Waals surface area contributed by atoms with Gasteiger partial charge in [-0.1, -0.05) is 6.08 Å². The molecule has 0 aromatic heterocycles. The van der Waals surface area contributed by atoms with E-state index in [2.05, 4.69) is 4.84 Å². The number of hydroxylamine groups is 2. The minimum absolute atomic E-state index is 0.0264. The molecule has 0 unspecified atom stereocenters. The molecule has 0 aliphatic carbocycles. The van der Waals surface area contributed by atoms with Crippen molar-refractivity contribution in [1.29, 1.82) is 0 Å². The molecule has 22 heavy (non-hydrogen) atoms. The molecule has 0 radical (unpaired) electrons. The summed E-state index contributed by atoms with van der Waals surface area (Å²) in [7, 11) is -0.655. The Morgan fingerprint density at radius 1 is 1.27 bits per heavy atom. The monoisotopic (exact) mass is 321 g/mol. The maximum Gasteiger partial charge on any atom is 0.492 e. The van der Waals surface area contributed by atoms with Gasteiger partial charge in [-0.05, 0) is 39.6 Å². The summed E-state index contributed by atoms with van der Waals surface area (Å²) in [6.07, 6.45) is -2.71. The zero-order chi connectivity index (χ0) is 16.8. The second kappa shape index (κ2) is 5.54. The van der Waals surface area contributed by atoms with E-state index in [4.69, 9.17) is 9.31 Å². The van der Waals surface area contributed by atoms with Crippen molar-refractivity contribution in [2.45, 2.75) is 51.5 Å². The summed E-state index contributed by atoms with van der Waals surface area (Å²) in [5.41, 5.74) is -0.424. The van der Waals surface area contributed by atoms with E-state index < -0.39 is 30.5 Å². The van der Waals surface area contributed by atoms with Crippen molar-refractivity contribution in [2.24, 2.45) is 0 Å². The summed E-state index contributed by atoms with van der Waals surface area (Å²) >= 11 is 0. The Morgan fingerprint density at radius 2 is 1.82 bits per heavy atom. The molecule has 0 saturated carbocycles. The molecule has 0 aromatic rings. The highest BCUT2D eigenvalue weighted by Crippen LogP contribution is 2.39. The highest BCUT2D eigenvalue weighted by molar-refractivity contribution is 6.54. The van der Waals surface area contributed by atoms with E-state index in [1.165, 1.54) is 0 Å². The zero-order valence-corrected chi connectivity index (χ0v) is 13.0. The maximum absolute atomic E-state index is 12.2. The van der Waals surface area contributed by atoms with Crippen LogP contribution in [0.5, 0.6) is 0 Å². The lowest BCUT2D eigenvalue weighted by atomic mass is 9.76. The zero-order valence-electron chi connectivity index (χ0n) is 13.0. The van der Waals surface area contributed by atoms with E-state index in [9.17, 15) is 18.0 Å². The number of nitrogens with zero attached hydrogens (tertiary/aromatic N) is 1. The fourth-order valence-corrected chi connectivity index (χ4v) is 2.15. The Labute approximate surface area is 127 Å². The topological polar surface area (TPSA) is 48.0 Å². The van der Waals surface area contributed by atoms with Crippen molar-refractivity contribution in [3.05, 3.63) is 11.5 Å². The molecule has 1 fully saturated rings. The van der Waals surface area contributed by atoms with Crippen LogP contribution in [0.1, 0.15) is 34.1 Å². The predicted molar refractivity (Wildman–Crippen MR) is 72.5 cm³/mol. The van der Waals surface area contributed by atoms with Gasteiger partial charge in [-0.25, -0.2) is 4.79 Å². The Kier molecular flexibility index (Phi) is 4.36. The van der Waals surface area contributed by atoms with Crippen LogP contribution in [-0.4, -0.2) is 48.6 Å². The standard InChI is InChI=1S/C13H19BF3NO4/c1-11(2)12(3,4)22-14(21-11)9-6-5-7-18(8-9)20-10(19)13(15,16)17/h6H,5,7-8H2,1-4H3. The fraction of sp³-hybridized carbons (Fsp3) is 0.769. The molecule has 124 valence electrons. The molecule has 0 atom stereocenters. The molecule has 1 saturated heterocycles. The van der Waals surface area contributed by atoms with Crippen LogP contribution in [0.3, 0.4) is 0 Å². The molecular formula is C13H19BF3NO4. The Hall–Kier alpha value is -1.06. The number of alkyl halides is 3. The van der Waals surface area contributed by atoms with Gasteiger partial charge in [0.2, 0.25) is 0 Å². The van der Waals surface area contributed by atoms with Gasteiger partial charge in [0, 0.05) is 6.54 Å². The highest BCUT2D eigenvalue weighted by atomic mass is 19.4.